The number of amides is 1. The third-order valence-corrected chi connectivity index (χ3v) is 6.12. The van der Waals surface area contributed by atoms with Crippen LogP contribution in [0.15, 0.2) is 58.5 Å². The third kappa shape index (κ3) is 5.80. The van der Waals surface area contributed by atoms with Crippen LogP contribution < -0.4 is 14.9 Å². The van der Waals surface area contributed by atoms with Crippen molar-refractivity contribution in [1.82, 2.24) is 5.43 Å². The molecular formula is C21H25N3O4S. The smallest absolute Gasteiger partial charge is 0.271 e. The van der Waals surface area contributed by atoms with Gasteiger partial charge in [-0.3, -0.25) is 9.52 Å². The summed E-state index contributed by atoms with van der Waals surface area (Å²) in [5.74, 6) is 0.199. The number of carbonyl (C=O) groups excluding carboxylic acids is 1. The summed E-state index contributed by atoms with van der Waals surface area (Å²) in [6.45, 7) is 0. The predicted molar refractivity (Wildman–Crippen MR) is 113 cm³/mol. The number of rotatable bonds is 6. The van der Waals surface area contributed by atoms with Gasteiger partial charge >= 0.3 is 0 Å². The zero-order valence-corrected chi connectivity index (χ0v) is 17.2. The number of sulfonamides is 1. The van der Waals surface area contributed by atoms with E-state index in [2.05, 4.69) is 15.2 Å². The average molecular weight is 416 g/mol. The van der Waals surface area contributed by atoms with Crippen LogP contribution in [-0.2, 0) is 10.0 Å². The molecule has 1 amide bonds. The molecule has 0 atom stereocenters. The summed E-state index contributed by atoms with van der Waals surface area (Å²) in [5, 5.41) is 4.24. The first-order valence-electron chi connectivity index (χ1n) is 9.61. The van der Waals surface area contributed by atoms with E-state index in [0.29, 0.717) is 11.4 Å². The second-order valence-corrected chi connectivity index (χ2v) is 8.58. The first kappa shape index (κ1) is 20.9. The van der Waals surface area contributed by atoms with Crippen LogP contribution in [0.5, 0.6) is 5.75 Å². The van der Waals surface area contributed by atoms with Crippen LogP contribution in [-0.4, -0.2) is 27.1 Å². The maximum Gasteiger partial charge on any atom is 0.271 e. The van der Waals surface area contributed by atoms with Crippen LogP contribution in [0, 0.1) is 0 Å². The van der Waals surface area contributed by atoms with Gasteiger partial charge in [0.2, 0.25) is 0 Å². The SMILES string of the molecule is COc1ccc(NS(=O)(=O)c2cccc(C(=O)NN=C3CCCCCC3)c2)cc1. The van der Waals surface area contributed by atoms with Crippen molar-refractivity contribution in [3.8, 4) is 5.75 Å². The van der Waals surface area contributed by atoms with Crippen LogP contribution in [0.2, 0.25) is 0 Å². The van der Waals surface area contributed by atoms with Crippen molar-refractivity contribution in [3.63, 3.8) is 0 Å². The molecule has 8 heteroatoms. The maximum absolute atomic E-state index is 12.7. The van der Waals surface area contributed by atoms with Crippen LogP contribution in [0.4, 0.5) is 5.69 Å². The maximum atomic E-state index is 12.7. The third-order valence-electron chi connectivity index (χ3n) is 4.75. The van der Waals surface area contributed by atoms with E-state index in [9.17, 15) is 13.2 Å². The Labute approximate surface area is 171 Å². The summed E-state index contributed by atoms with van der Waals surface area (Å²) in [6.07, 6.45) is 6.32. The molecule has 0 saturated heterocycles. The molecule has 29 heavy (non-hydrogen) atoms. The Kier molecular flexibility index (Phi) is 6.87. The molecule has 1 fully saturated rings. The minimum Gasteiger partial charge on any atom is -0.497 e. The predicted octanol–water partition coefficient (Wildman–Crippen LogP) is 3.94. The first-order valence-corrected chi connectivity index (χ1v) is 11.1. The molecule has 0 radical (unpaired) electrons. The fourth-order valence-corrected chi connectivity index (χ4v) is 4.22. The minimum atomic E-state index is -3.84. The topological polar surface area (TPSA) is 96.9 Å². The fourth-order valence-electron chi connectivity index (χ4n) is 3.12. The van der Waals surface area contributed by atoms with Gasteiger partial charge in [0.25, 0.3) is 15.9 Å². The Morgan fingerprint density at radius 1 is 1.00 bits per heavy atom. The number of nitrogens with one attached hydrogen (secondary N) is 2. The standard InChI is InChI=1S/C21H25N3O4S/c1-28-19-13-11-18(12-14-19)24-29(26,27)20-10-6-7-16(15-20)21(25)23-22-17-8-4-2-3-5-9-17/h6-7,10-15,24H,2-5,8-9H2,1H3,(H,23,25). The molecule has 2 N–H and O–H groups in total. The number of carbonyl (C=O) groups is 1. The number of benzene rings is 2. The lowest BCUT2D eigenvalue weighted by Crippen LogP contribution is -2.20. The van der Waals surface area contributed by atoms with E-state index in [1.54, 1.807) is 30.3 Å². The van der Waals surface area contributed by atoms with Crippen molar-refractivity contribution < 1.29 is 17.9 Å². The number of hydrogen-bond donors (Lipinski definition) is 2. The molecule has 0 spiro atoms. The number of ether oxygens (including phenoxy) is 1. The normalized spacial score (nSPS) is 14.6. The molecule has 2 aromatic rings. The molecule has 7 nitrogen and oxygen atoms in total. The lowest BCUT2D eigenvalue weighted by atomic mass is 10.2. The van der Waals surface area contributed by atoms with Crippen molar-refractivity contribution in [2.45, 2.75) is 43.4 Å². The van der Waals surface area contributed by atoms with Gasteiger partial charge in [-0.1, -0.05) is 18.9 Å². The average Bonchev–Trinajstić information content (AvgIpc) is 3.01. The van der Waals surface area contributed by atoms with Gasteiger partial charge in [0.1, 0.15) is 5.75 Å². The van der Waals surface area contributed by atoms with Crippen molar-refractivity contribution in [3.05, 3.63) is 54.1 Å². The van der Waals surface area contributed by atoms with E-state index in [0.717, 1.165) is 31.4 Å². The van der Waals surface area contributed by atoms with E-state index in [1.807, 2.05) is 0 Å². The van der Waals surface area contributed by atoms with E-state index >= 15 is 0 Å². The van der Waals surface area contributed by atoms with Gasteiger partial charge in [0.05, 0.1) is 12.0 Å². The largest absolute Gasteiger partial charge is 0.497 e. The van der Waals surface area contributed by atoms with Gasteiger partial charge < -0.3 is 4.74 Å². The quantitative estimate of drug-likeness (QED) is 0.552. The summed E-state index contributed by atoms with van der Waals surface area (Å²) < 4.78 is 32.9. The zero-order chi connectivity index (χ0) is 20.7. The Morgan fingerprint density at radius 3 is 2.34 bits per heavy atom. The van der Waals surface area contributed by atoms with Crippen molar-refractivity contribution in [2.75, 3.05) is 11.8 Å². The van der Waals surface area contributed by atoms with E-state index in [1.165, 1.54) is 38.2 Å². The van der Waals surface area contributed by atoms with Gasteiger partial charge in [-0.25, -0.2) is 13.8 Å². The second-order valence-electron chi connectivity index (χ2n) is 6.90. The van der Waals surface area contributed by atoms with Crippen LogP contribution >= 0.6 is 0 Å². The Balaban J connectivity index is 1.71. The molecule has 3 rings (SSSR count). The number of methoxy groups -OCH3 is 1. The van der Waals surface area contributed by atoms with E-state index < -0.39 is 15.9 Å². The number of hydrazone groups is 1. The second kappa shape index (κ2) is 9.56. The Bertz CT molecular complexity index is 975. The summed E-state index contributed by atoms with van der Waals surface area (Å²) >= 11 is 0. The zero-order valence-electron chi connectivity index (χ0n) is 16.3. The molecule has 1 saturated carbocycles. The lowest BCUT2D eigenvalue weighted by Gasteiger charge is -2.10. The molecule has 2 aromatic carbocycles. The number of anilines is 1. The molecule has 0 unspecified atom stereocenters. The van der Waals surface area contributed by atoms with E-state index in [-0.39, 0.29) is 10.5 Å². The van der Waals surface area contributed by atoms with Crippen LogP contribution in [0.1, 0.15) is 48.9 Å². The van der Waals surface area contributed by atoms with Crippen molar-refractivity contribution in [1.29, 1.82) is 0 Å². The molecular weight excluding hydrogens is 390 g/mol. The van der Waals surface area contributed by atoms with Gasteiger partial charge in [0.15, 0.2) is 0 Å². The lowest BCUT2D eigenvalue weighted by molar-refractivity contribution is 0.0954. The molecule has 0 aromatic heterocycles. The summed E-state index contributed by atoms with van der Waals surface area (Å²) in [6, 6.07) is 12.4. The number of hydrogen-bond acceptors (Lipinski definition) is 5. The highest BCUT2D eigenvalue weighted by atomic mass is 32.2. The van der Waals surface area contributed by atoms with Crippen molar-refractivity contribution in [2.24, 2.45) is 5.10 Å². The molecule has 1 aliphatic rings. The monoisotopic (exact) mass is 415 g/mol. The van der Waals surface area contributed by atoms with E-state index in [4.69, 9.17) is 4.74 Å². The Hall–Kier alpha value is -2.87. The minimum absolute atomic E-state index is 0.00286. The van der Waals surface area contributed by atoms with Gasteiger partial charge in [0, 0.05) is 17.0 Å². The van der Waals surface area contributed by atoms with Gasteiger partial charge in [-0.2, -0.15) is 5.10 Å². The highest BCUT2D eigenvalue weighted by Gasteiger charge is 2.17. The first-order chi connectivity index (χ1) is 14.0. The molecule has 0 heterocycles. The van der Waals surface area contributed by atoms with Crippen LogP contribution in [0.3, 0.4) is 0 Å². The molecule has 154 valence electrons. The summed E-state index contributed by atoms with van der Waals surface area (Å²) in [7, 11) is -2.30. The van der Waals surface area contributed by atoms with Gasteiger partial charge in [-0.15, -0.1) is 0 Å². The van der Waals surface area contributed by atoms with Crippen molar-refractivity contribution >= 4 is 27.3 Å². The van der Waals surface area contributed by atoms with Gasteiger partial charge in [-0.05, 0) is 68.1 Å². The summed E-state index contributed by atoms with van der Waals surface area (Å²) in [5.41, 5.74) is 4.18. The molecule has 1 aliphatic carbocycles. The molecule has 0 bridgehead atoms. The fraction of sp³-hybridized carbons (Fsp3) is 0.333. The highest BCUT2D eigenvalue weighted by Crippen LogP contribution is 2.20. The number of nitrogens with zero attached hydrogens (tertiary/aromatic N) is 1. The Morgan fingerprint density at radius 2 is 1.69 bits per heavy atom. The highest BCUT2D eigenvalue weighted by molar-refractivity contribution is 7.92. The van der Waals surface area contributed by atoms with Crippen LogP contribution in [0.25, 0.3) is 0 Å². The molecule has 0 aliphatic heterocycles. The summed E-state index contributed by atoms with van der Waals surface area (Å²) in [4.78, 5) is 12.4.